The smallest absolute Gasteiger partial charge is 0.305 e. The third-order valence-electron chi connectivity index (χ3n) is 13.6. The molecular weight excluding hydrogens is 1040 g/mol. The van der Waals surface area contributed by atoms with Gasteiger partial charge >= 0.3 is 11.4 Å². The van der Waals surface area contributed by atoms with Crippen LogP contribution in [0.25, 0.3) is 0 Å². The number of nitrogens with zero attached hydrogens (tertiary/aromatic N) is 10. The molecule has 4 heterocycles. The van der Waals surface area contributed by atoms with Gasteiger partial charge in [-0.25, -0.2) is 8.78 Å². The van der Waals surface area contributed by atoms with E-state index in [1.165, 1.54) is 26.0 Å². The summed E-state index contributed by atoms with van der Waals surface area (Å²) in [6.45, 7) is 18.8. The molecule has 4 saturated heterocycles. The van der Waals surface area contributed by atoms with Gasteiger partial charge in [-0.15, -0.1) is 12.4 Å². The molecule has 0 aliphatic carbocycles. The largest absolute Gasteiger partial charge is 0.396 e. The van der Waals surface area contributed by atoms with Gasteiger partial charge in [0.25, 0.3) is 0 Å². The number of hydrogen-bond donors (Lipinski definition) is 2. The maximum atomic E-state index is 14.0. The van der Waals surface area contributed by atoms with E-state index in [1.54, 1.807) is 72.2 Å². The number of amides is 4. The van der Waals surface area contributed by atoms with Crippen LogP contribution in [0.4, 0.5) is 40.3 Å². The van der Waals surface area contributed by atoms with Gasteiger partial charge in [0.1, 0.15) is 0 Å². The average molecular weight is 1120 g/mol. The lowest BCUT2D eigenvalue weighted by Crippen LogP contribution is -2.47. The molecule has 8 rings (SSSR count). The van der Waals surface area contributed by atoms with Crippen molar-refractivity contribution in [3.05, 3.63) is 139 Å². The zero-order valence-corrected chi connectivity index (χ0v) is 44.7. The number of nitro benzene ring substituents is 2. The Hall–Kier alpha value is -6.99. The Bertz CT molecular complexity index is 2480. The van der Waals surface area contributed by atoms with E-state index in [2.05, 4.69) is 9.80 Å². The molecule has 4 aliphatic heterocycles. The molecule has 0 atom stereocenters. The zero-order chi connectivity index (χ0) is 55.6. The van der Waals surface area contributed by atoms with E-state index in [-0.39, 0.29) is 66.5 Å². The first-order chi connectivity index (χ1) is 36.1. The molecule has 20 nitrogen and oxygen atoms in total. The number of rotatable bonds is 10. The molecule has 0 bridgehead atoms. The predicted molar refractivity (Wildman–Crippen MR) is 292 cm³/mol. The van der Waals surface area contributed by atoms with E-state index in [4.69, 9.17) is 11.5 Å². The Balaban J connectivity index is 0.000000271. The van der Waals surface area contributed by atoms with E-state index in [0.29, 0.717) is 127 Å². The van der Waals surface area contributed by atoms with Gasteiger partial charge in [0, 0.05) is 193 Å². The Labute approximate surface area is 459 Å². The van der Waals surface area contributed by atoms with Crippen LogP contribution in [0.1, 0.15) is 57.4 Å². The van der Waals surface area contributed by atoms with Crippen molar-refractivity contribution in [2.24, 2.45) is 0 Å². The van der Waals surface area contributed by atoms with Gasteiger partial charge in [0.2, 0.25) is 35.3 Å². The van der Waals surface area contributed by atoms with Crippen molar-refractivity contribution in [3.63, 3.8) is 0 Å². The summed E-state index contributed by atoms with van der Waals surface area (Å²) in [5.41, 5.74) is 12.3. The summed E-state index contributed by atoms with van der Waals surface area (Å²) in [5.74, 6) is -1.93. The maximum Gasteiger partial charge on any atom is 0.305 e. The lowest BCUT2D eigenvalue weighted by Gasteiger charge is -2.34. The quantitative estimate of drug-likeness (QED) is 0.0804. The summed E-state index contributed by atoms with van der Waals surface area (Å²) in [4.78, 5) is 80.1. The minimum Gasteiger partial charge on any atom is -0.396 e. The molecule has 4 amide bonds. The fraction of sp³-hybridized carbons (Fsp3) is 0.472. The summed E-state index contributed by atoms with van der Waals surface area (Å²) in [5, 5.41) is 21.4. The molecule has 4 aromatic rings. The number of benzene rings is 4. The van der Waals surface area contributed by atoms with Crippen LogP contribution in [0.3, 0.4) is 0 Å². The molecule has 0 unspecified atom stereocenters. The standard InChI is InChI=1S/2C13H16FN3O3.2C13H18FN3O.CH4.ClH/c2*1-10(18)16-7-5-15(6-8-16)9-11-3-2-4-12(13(11)14)17(19)20;2*1-10(18)17-7-5-16(6-8-17)9-11-3-2-4-12(15)13(11)14;;/h2*2-4H,5-9H2,1H3;2*2-4H,5-9,15H2,1H3;1H4;1H. The Morgan fingerprint density at radius 2 is 0.615 bits per heavy atom. The van der Waals surface area contributed by atoms with Crippen LogP contribution in [-0.4, -0.2) is 177 Å². The van der Waals surface area contributed by atoms with E-state index >= 15 is 0 Å². The molecule has 25 heteroatoms. The van der Waals surface area contributed by atoms with Gasteiger partial charge < -0.3 is 31.1 Å². The van der Waals surface area contributed by atoms with Crippen LogP contribution in [0, 0.1) is 43.5 Å². The third kappa shape index (κ3) is 19.2. The minimum absolute atomic E-state index is 0. The fourth-order valence-electron chi connectivity index (χ4n) is 8.95. The first-order valence-corrected chi connectivity index (χ1v) is 24.9. The van der Waals surface area contributed by atoms with Crippen molar-refractivity contribution in [2.45, 2.75) is 61.3 Å². The van der Waals surface area contributed by atoms with Gasteiger partial charge in [-0.05, 0) is 12.1 Å². The van der Waals surface area contributed by atoms with E-state index in [0.717, 1.165) is 38.3 Å². The second-order valence-corrected chi connectivity index (χ2v) is 18.8. The Kier molecular flexibility index (Phi) is 26.3. The monoisotopic (exact) mass is 1120 g/mol. The van der Waals surface area contributed by atoms with E-state index < -0.39 is 32.9 Å². The van der Waals surface area contributed by atoms with Crippen molar-refractivity contribution in [1.82, 2.24) is 39.2 Å². The molecule has 0 spiro atoms. The van der Waals surface area contributed by atoms with Crippen LogP contribution < -0.4 is 11.5 Å². The number of hydrogen-bond acceptors (Lipinski definition) is 14. The molecule has 0 aromatic heterocycles. The molecule has 78 heavy (non-hydrogen) atoms. The van der Waals surface area contributed by atoms with Gasteiger partial charge in [-0.3, -0.25) is 59.0 Å². The van der Waals surface area contributed by atoms with Crippen LogP contribution in [0.15, 0.2) is 72.8 Å². The molecule has 4 fully saturated rings. The highest BCUT2D eigenvalue weighted by atomic mass is 35.5. The SMILES string of the molecule is C.CC(=O)N1CCN(Cc2cccc(N)c2F)CC1.CC(=O)N1CCN(Cc2cccc(N)c2F)CC1.CC(=O)N1CCN(Cc2cccc([N+](=O)[O-])c2F)CC1.CC(=O)N1CCN(Cc2cccc([N+](=O)[O-])c2F)CC1.Cl. The van der Waals surface area contributed by atoms with Crippen molar-refractivity contribution >= 4 is 58.8 Å². The first kappa shape index (κ1) is 65.3. The number of nitro groups is 2. The summed E-state index contributed by atoms with van der Waals surface area (Å²) in [7, 11) is 0. The average Bonchev–Trinajstić information content (AvgIpc) is 3.39. The van der Waals surface area contributed by atoms with Crippen molar-refractivity contribution in [3.8, 4) is 0 Å². The number of carbonyl (C=O) groups is 4. The molecular formula is C53H73ClF4N12O8. The molecule has 0 saturated carbocycles. The summed E-state index contributed by atoms with van der Waals surface area (Å²) in [6.07, 6.45) is 0. The first-order valence-electron chi connectivity index (χ1n) is 24.9. The minimum atomic E-state index is -0.772. The lowest BCUT2D eigenvalue weighted by molar-refractivity contribution is -0.387. The zero-order valence-electron chi connectivity index (χ0n) is 43.9. The summed E-state index contributed by atoms with van der Waals surface area (Å²) >= 11 is 0. The van der Waals surface area contributed by atoms with Gasteiger partial charge in [-0.2, -0.15) is 8.78 Å². The van der Waals surface area contributed by atoms with E-state index in [1.807, 2.05) is 19.6 Å². The topological polar surface area (TPSA) is 233 Å². The van der Waals surface area contributed by atoms with E-state index in [9.17, 15) is 57.0 Å². The fourth-order valence-corrected chi connectivity index (χ4v) is 8.95. The third-order valence-corrected chi connectivity index (χ3v) is 13.6. The van der Waals surface area contributed by atoms with Gasteiger partial charge in [0.05, 0.1) is 21.2 Å². The van der Waals surface area contributed by atoms with Crippen LogP contribution >= 0.6 is 12.4 Å². The molecule has 0 radical (unpaired) electrons. The summed E-state index contributed by atoms with van der Waals surface area (Å²) in [6, 6.07) is 18.6. The Morgan fingerprint density at radius 1 is 0.410 bits per heavy atom. The highest BCUT2D eigenvalue weighted by Crippen LogP contribution is 2.24. The normalized spacial score (nSPS) is 16.1. The van der Waals surface area contributed by atoms with Gasteiger partial charge in [-0.1, -0.05) is 56.0 Å². The number of carbonyl (C=O) groups excluding carboxylic acids is 4. The summed E-state index contributed by atoms with van der Waals surface area (Å²) < 4.78 is 55.4. The van der Waals surface area contributed by atoms with Crippen LogP contribution in [0.2, 0.25) is 0 Å². The number of nitrogens with two attached hydrogens (primary N) is 2. The highest BCUT2D eigenvalue weighted by Gasteiger charge is 2.26. The molecule has 428 valence electrons. The number of anilines is 2. The maximum absolute atomic E-state index is 14.0. The van der Waals surface area contributed by atoms with Crippen molar-refractivity contribution < 1.29 is 46.6 Å². The predicted octanol–water partition coefficient (Wildman–Crippen LogP) is 6.00. The number of piperazine rings is 4. The van der Waals surface area contributed by atoms with Gasteiger partial charge in [0.15, 0.2) is 11.6 Å². The second kappa shape index (κ2) is 31.4. The van der Waals surface area contributed by atoms with Crippen molar-refractivity contribution in [2.75, 3.05) is 116 Å². The van der Waals surface area contributed by atoms with Crippen LogP contribution in [-0.2, 0) is 45.4 Å². The number of halogens is 5. The van der Waals surface area contributed by atoms with Crippen molar-refractivity contribution in [1.29, 1.82) is 0 Å². The second-order valence-electron chi connectivity index (χ2n) is 18.8. The molecule has 4 aliphatic rings. The highest BCUT2D eigenvalue weighted by molar-refractivity contribution is 5.85. The van der Waals surface area contributed by atoms with Crippen LogP contribution in [0.5, 0.6) is 0 Å². The molecule has 4 aromatic carbocycles. The number of nitrogen functional groups attached to an aromatic ring is 2. The lowest BCUT2D eigenvalue weighted by atomic mass is 10.1. The Morgan fingerprint density at radius 3 is 0.821 bits per heavy atom. The molecule has 4 N–H and O–H groups in total.